The summed E-state index contributed by atoms with van der Waals surface area (Å²) in [5.74, 6) is 0.531. The molecule has 1 amide bonds. The number of para-hydroxylation sites is 1. The van der Waals surface area contributed by atoms with E-state index in [0.29, 0.717) is 16.8 Å². The molecule has 0 aliphatic heterocycles. The summed E-state index contributed by atoms with van der Waals surface area (Å²) in [4.78, 5) is 28.8. The van der Waals surface area contributed by atoms with Gasteiger partial charge in [-0.2, -0.15) is 0 Å². The van der Waals surface area contributed by atoms with Gasteiger partial charge in [-0.15, -0.1) is 0 Å². The number of ether oxygens (including phenoxy) is 1. The number of anilines is 1. The van der Waals surface area contributed by atoms with Crippen LogP contribution < -0.4 is 5.32 Å². The van der Waals surface area contributed by atoms with E-state index in [4.69, 9.17) is 9.26 Å². The van der Waals surface area contributed by atoms with Crippen molar-refractivity contribution < 1.29 is 18.8 Å². The number of amides is 1. The van der Waals surface area contributed by atoms with Crippen LogP contribution in [0.4, 0.5) is 5.82 Å². The Hall–Kier alpha value is -3.94. The molecule has 0 bridgehead atoms. The highest BCUT2D eigenvalue weighted by molar-refractivity contribution is 5.97. The zero-order chi connectivity index (χ0) is 20.4. The highest BCUT2D eigenvalue weighted by atomic mass is 16.5. The molecule has 1 N–H and O–H groups in total. The van der Waals surface area contributed by atoms with Crippen molar-refractivity contribution >= 4 is 28.7 Å². The molecule has 0 unspecified atom stereocenters. The molecule has 0 atom stereocenters. The Balaban J connectivity index is 1.48. The number of imidazole rings is 1. The highest BCUT2D eigenvalue weighted by Gasteiger charge is 2.15. The van der Waals surface area contributed by atoms with Crippen molar-refractivity contribution in [3.63, 3.8) is 0 Å². The Morgan fingerprint density at radius 3 is 2.62 bits per heavy atom. The molecule has 0 fully saturated rings. The molecule has 2 aromatic heterocycles. The summed E-state index contributed by atoms with van der Waals surface area (Å²) in [6.07, 6.45) is 0. The van der Waals surface area contributed by atoms with Gasteiger partial charge < -0.3 is 14.6 Å². The molecule has 2 heterocycles. The first kappa shape index (κ1) is 18.4. The third kappa shape index (κ3) is 3.86. The molecular formula is C21H18N4O4. The maximum Gasteiger partial charge on any atom is 0.338 e. The van der Waals surface area contributed by atoms with Gasteiger partial charge in [-0.25, -0.2) is 9.78 Å². The van der Waals surface area contributed by atoms with Crippen molar-refractivity contribution in [1.82, 2.24) is 14.7 Å². The molecule has 8 heteroatoms. The van der Waals surface area contributed by atoms with E-state index in [1.165, 1.54) is 0 Å². The SMILES string of the molecule is Cc1cc(NC(=O)COC(=O)c2ccc3c(c2)nc(C)n3-c2ccccc2)no1. The maximum absolute atomic E-state index is 12.3. The van der Waals surface area contributed by atoms with Gasteiger partial charge in [-0.1, -0.05) is 23.4 Å². The lowest BCUT2D eigenvalue weighted by atomic mass is 10.2. The van der Waals surface area contributed by atoms with Crippen LogP contribution in [0, 0.1) is 13.8 Å². The van der Waals surface area contributed by atoms with Crippen molar-refractivity contribution in [2.24, 2.45) is 0 Å². The van der Waals surface area contributed by atoms with Crippen LogP contribution in [0.1, 0.15) is 21.9 Å². The predicted molar refractivity (Wildman–Crippen MR) is 106 cm³/mol. The standard InChI is InChI=1S/C21H18N4O4/c1-13-10-19(24-29-13)23-20(26)12-28-21(27)15-8-9-18-17(11-15)22-14(2)25(18)16-6-4-3-5-7-16/h3-11H,12H2,1-2H3,(H,23,24,26). The number of carbonyl (C=O) groups is 2. The van der Waals surface area contributed by atoms with Crippen LogP contribution in [-0.4, -0.2) is 33.2 Å². The van der Waals surface area contributed by atoms with Crippen LogP contribution in [0.25, 0.3) is 16.7 Å². The zero-order valence-corrected chi connectivity index (χ0v) is 15.9. The van der Waals surface area contributed by atoms with Gasteiger partial charge >= 0.3 is 5.97 Å². The fourth-order valence-corrected chi connectivity index (χ4v) is 3.05. The van der Waals surface area contributed by atoms with Crippen LogP contribution in [0.5, 0.6) is 0 Å². The van der Waals surface area contributed by atoms with Gasteiger partial charge in [0, 0.05) is 11.8 Å². The molecule has 0 aliphatic rings. The fraction of sp³-hybridized carbons (Fsp3) is 0.143. The monoisotopic (exact) mass is 390 g/mol. The molecule has 0 spiro atoms. The van der Waals surface area contributed by atoms with E-state index in [-0.39, 0.29) is 5.82 Å². The van der Waals surface area contributed by atoms with Gasteiger partial charge in [0.1, 0.15) is 11.6 Å². The molecule has 29 heavy (non-hydrogen) atoms. The first-order chi connectivity index (χ1) is 14.0. The largest absolute Gasteiger partial charge is 0.452 e. The first-order valence-electron chi connectivity index (χ1n) is 8.96. The molecule has 0 saturated carbocycles. The van der Waals surface area contributed by atoms with Crippen LogP contribution in [0.15, 0.2) is 59.1 Å². The van der Waals surface area contributed by atoms with Crippen LogP contribution in [-0.2, 0) is 9.53 Å². The number of carbonyl (C=O) groups excluding carboxylic acids is 2. The average molecular weight is 390 g/mol. The molecule has 2 aromatic carbocycles. The summed E-state index contributed by atoms with van der Waals surface area (Å²) in [7, 11) is 0. The number of nitrogens with zero attached hydrogens (tertiary/aromatic N) is 3. The van der Waals surface area contributed by atoms with Crippen molar-refractivity contribution in [2.75, 3.05) is 11.9 Å². The molecule has 4 aromatic rings. The second-order valence-corrected chi connectivity index (χ2v) is 6.48. The molecule has 8 nitrogen and oxygen atoms in total. The Labute approximate surface area is 166 Å². The normalized spacial score (nSPS) is 10.8. The maximum atomic E-state index is 12.3. The van der Waals surface area contributed by atoms with E-state index < -0.39 is 18.5 Å². The van der Waals surface area contributed by atoms with Gasteiger partial charge in [0.25, 0.3) is 5.91 Å². The molecule has 0 radical (unpaired) electrons. The molecule has 146 valence electrons. The summed E-state index contributed by atoms with van der Waals surface area (Å²) in [6, 6.07) is 16.5. The number of nitrogens with one attached hydrogen (secondary N) is 1. The van der Waals surface area contributed by atoms with Gasteiger partial charge in [0.2, 0.25) is 0 Å². The second kappa shape index (κ2) is 7.59. The number of aryl methyl sites for hydroxylation is 2. The second-order valence-electron chi connectivity index (χ2n) is 6.48. The van der Waals surface area contributed by atoms with E-state index in [0.717, 1.165) is 17.0 Å². The smallest absolute Gasteiger partial charge is 0.338 e. The number of aromatic nitrogens is 3. The minimum absolute atomic E-state index is 0.270. The Morgan fingerprint density at radius 1 is 1.10 bits per heavy atom. The molecular weight excluding hydrogens is 372 g/mol. The fourth-order valence-electron chi connectivity index (χ4n) is 3.05. The Morgan fingerprint density at radius 2 is 1.90 bits per heavy atom. The van der Waals surface area contributed by atoms with Crippen molar-refractivity contribution in [3.8, 4) is 5.69 Å². The van der Waals surface area contributed by atoms with Crippen LogP contribution in [0.2, 0.25) is 0 Å². The minimum Gasteiger partial charge on any atom is -0.452 e. The number of benzene rings is 2. The average Bonchev–Trinajstić information content (AvgIpc) is 3.27. The summed E-state index contributed by atoms with van der Waals surface area (Å²) >= 11 is 0. The van der Waals surface area contributed by atoms with Gasteiger partial charge in [0.05, 0.1) is 16.6 Å². The van der Waals surface area contributed by atoms with Crippen molar-refractivity contribution in [1.29, 1.82) is 0 Å². The lowest BCUT2D eigenvalue weighted by Gasteiger charge is -2.07. The van der Waals surface area contributed by atoms with Crippen molar-refractivity contribution in [3.05, 3.63) is 71.7 Å². The van der Waals surface area contributed by atoms with Crippen LogP contribution >= 0.6 is 0 Å². The summed E-state index contributed by atoms with van der Waals surface area (Å²) in [6.45, 7) is 3.18. The topological polar surface area (TPSA) is 99.2 Å². The lowest BCUT2D eigenvalue weighted by Crippen LogP contribution is -2.21. The first-order valence-corrected chi connectivity index (χ1v) is 8.96. The lowest BCUT2D eigenvalue weighted by molar-refractivity contribution is -0.119. The predicted octanol–water partition coefficient (Wildman–Crippen LogP) is 3.43. The molecule has 4 rings (SSSR count). The van der Waals surface area contributed by atoms with Crippen molar-refractivity contribution in [2.45, 2.75) is 13.8 Å². The van der Waals surface area contributed by atoms with E-state index in [1.807, 2.05) is 47.9 Å². The van der Waals surface area contributed by atoms with Gasteiger partial charge in [0.15, 0.2) is 12.4 Å². The van der Waals surface area contributed by atoms with E-state index in [2.05, 4.69) is 15.5 Å². The minimum atomic E-state index is -0.606. The zero-order valence-electron chi connectivity index (χ0n) is 15.9. The summed E-state index contributed by atoms with van der Waals surface area (Å²) in [5, 5.41) is 6.14. The summed E-state index contributed by atoms with van der Waals surface area (Å²) < 4.78 is 12.0. The van der Waals surface area contributed by atoms with Gasteiger partial charge in [-0.3, -0.25) is 9.36 Å². The van der Waals surface area contributed by atoms with E-state index in [9.17, 15) is 9.59 Å². The quantitative estimate of drug-likeness (QED) is 0.524. The third-order valence-corrected chi connectivity index (χ3v) is 4.30. The van der Waals surface area contributed by atoms with E-state index >= 15 is 0 Å². The Kier molecular flexibility index (Phi) is 4.82. The summed E-state index contributed by atoms with van der Waals surface area (Å²) in [5.41, 5.74) is 2.86. The van der Waals surface area contributed by atoms with Crippen LogP contribution in [0.3, 0.4) is 0 Å². The Bertz CT molecular complexity index is 1190. The van der Waals surface area contributed by atoms with E-state index in [1.54, 1.807) is 25.1 Å². The molecule has 0 aliphatic carbocycles. The number of hydrogen-bond acceptors (Lipinski definition) is 6. The highest BCUT2D eigenvalue weighted by Crippen LogP contribution is 2.22. The van der Waals surface area contributed by atoms with Gasteiger partial charge in [-0.05, 0) is 44.2 Å². The number of rotatable bonds is 5. The number of fused-ring (bicyclic) bond motifs is 1. The molecule has 0 saturated heterocycles. The number of hydrogen-bond donors (Lipinski definition) is 1. The third-order valence-electron chi connectivity index (χ3n) is 4.30. The number of esters is 1.